The first-order valence-corrected chi connectivity index (χ1v) is 9.53. The van der Waals surface area contributed by atoms with Gasteiger partial charge < -0.3 is 14.5 Å². The fraction of sp³-hybridized carbons (Fsp3) is 0.450. The molecule has 1 saturated carbocycles. The van der Waals surface area contributed by atoms with Crippen molar-refractivity contribution in [1.29, 1.82) is 0 Å². The molecule has 1 aliphatic carbocycles. The van der Waals surface area contributed by atoms with Crippen LogP contribution in [0.25, 0.3) is 0 Å². The SMILES string of the molecule is Cc1cc(C(=O)N2CCC(=O)N(C3CC3)Cc3cc(OC(F)F)ccc32)n(C)n1. The Morgan fingerprint density at radius 3 is 2.66 bits per heavy atom. The van der Waals surface area contributed by atoms with E-state index in [0.29, 0.717) is 22.6 Å². The summed E-state index contributed by atoms with van der Waals surface area (Å²) in [6, 6.07) is 6.38. The molecule has 154 valence electrons. The second kappa shape index (κ2) is 7.46. The van der Waals surface area contributed by atoms with Crippen molar-refractivity contribution in [3.8, 4) is 5.75 Å². The van der Waals surface area contributed by atoms with E-state index in [2.05, 4.69) is 9.84 Å². The predicted octanol–water partition coefficient (Wildman–Crippen LogP) is 2.87. The Bertz CT molecular complexity index is 955. The average Bonchev–Trinajstić information content (AvgIpc) is 3.42. The highest BCUT2D eigenvalue weighted by molar-refractivity contribution is 6.06. The number of benzene rings is 1. The maximum Gasteiger partial charge on any atom is 0.387 e. The quantitative estimate of drug-likeness (QED) is 0.786. The van der Waals surface area contributed by atoms with E-state index in [9.17, 15) is 18.4 Å². The molecule has 2 amide bonds. The van der Waals surface area contributed by atoms with Gasteiger partial charge in [-0.05, 0) is 49.6 Å². The van der Waals surface area contributed by atoms with Gasteiger partial charge in [-0.15, -0.1) is 0 Å². The molecule has 4 rings (SSSR count). The van der Waals surface area contributed by atoms with Crippen LogP contribution in [0.3, 0.4) is 0 Å². The van der Waals surface area contributed by atoms with Crippen molar-refractivity contribution < 1.29 is 23.1 Å². The lowest BCUT2D eigenvalue weighted by atomic mass is 10.1. The summed E-state index contributed by atoms with van der Waals surface area (Å²) in [5.41, 5.74) is 2.30. The molecule has 2 heterocycles. The number of aryl methyl sites for hydroxylation is 2. The number of ether oxygens (including phenoxy) is 1. The molecule has 0 unspecified atom stereocenters. The van der Waals surface area contributed by atoms with Crippen molar-refractivity contribution in [1.82, 2.24) is 14.7 Å². The lowest BCUT2D eigenvalue weighted by Crippen LogP contribution is -2.41. The molecule has 0 atom stereocenters. The van der Waals surface area contributed by atoms with Crippen LogP contribution in [0.15, 0.2) is 24.3 Å². The first kappa shape index (κ1) is 19.4. The largest absolute Gasteiger partial charge is 0.435 e. The second-order valence-electron chi connectivity index (χ2n) is 7.42. The molecular weight excluding hydrogens is 382 g/mol. The van der Waals surface area contributed by atoms with Crippen LogP contribution in [0.1, 0.15) is 41.0 Å². The van der Waals surface area contributed by atoms with Crippen molar-refractivity contribution >= 4 is 17.5 Å². The Kier molecular flexibility index (Phi) is 4.97. The highest BCUT2D eigenvalue weighted by atomic mass is 19.3. The monoisotopic (exact) mass is 404 g/mol. The molecule has 1 aromatic heterocycles. The minimum absolute atomic E-state index is 0.00583. The van der Waals surface area contributed by atoms with Gasteiger partial charge in [0.2, 0.25) is 5.91 Å². The first-order chi connectivity index (χ1) is 13.8. The Morgan fingerprint density at radius 1 is 1.28 bits per heavy atom. The number of anilines is 1. The Labute approximate surface area is 166 Å². The molecular formula is C20H22F2N4O3. The molecule has 2 aromatic rings. The van der Waals surface area contributed by atoms with Crippen LogP contribution in [0.4, 0.5) is 14.5 Å². The highest BCUT2D eigenvalue weighted by Gasteiger charge is 2.36. The summed E-state index contributed by atoms with van der Waals surface area (Å²) in [5.74, 6) is -0.326. The predicted molar refractivity (Wildman–Crippen MR) is 101 cm³/mol. The zero-order chi connectivity index (χ0) is 20.7. The summed E-state index contributed by atoms with van der Waals surface area (Å²) in [5, 5.41) is 4.22. The van der Waals surface area contributed by atoms with Gasteiger partial charge in [0.1, 0.15) is 11.4 Å². The van der Waals surface area contributed by atoms with Gasteiger partial charge >= 0.3 is 6.61 Å². The van der Waals surface area contributed by atoms with Crippen LogP contribution in [0.2, 0.25) is 0 Å². The lowest BCUT2D eigenvalue weighted by Gasteiger charge is -2.32. The standard InChI is InChI=1S/C20H22F2N4O3/c1-12-9-17(24(2)23-12)19(28)25-8-7-18(27)26(14-3-4-14)11-13-10-15(29-20(21)22)5-6-16(13)25/h5-6,9-10,14,20H,3-4,7-8,11H2,1-2H3. The van der Waals surface area contributed by atoms with Gasteiger partial charge in [-0.2, -0.15) is 13.9 Å². The molecule has 1 fully saturated rings. The van der Waals surface area contributed by atoms with Gasteiger partial charge in [-0.3, -0.25) is 14.3 Å². The topological polar surface area (TPSA) is 67.7 Å². The van der Waals surface area contributed by atoms with Crippen molar-refractivity contribution in [2.24, 2.45) is 7.05 Å². The molecule has 7 nitrogen and oxygen atoms in total. The first-order valence-electron chi connectivity index (χ1n) is 9.53. The number of nitrogens with zero attached hydrogens (tertiary/aromatic N) is 4. The highest BCUT2D eigenvalue weighted by Crippen LogP contribution is 2.35. The number of rotatable bonds is 4. The van der Waals surface area contributed by atoms with E-state index < -0.39 is 6.61 Å². The molecule has 0 radical (unpaired) electrons. The summed E-state index contributed by atoms with van der Waals surface area (Å²) in [4.78, 5) is 29.3. The maximum atomic E-state index is 13.2. The maximum absolute atomic E-state index is 13.2. The van der Waals surface area contributed by atoms with E-state index in [1.54, 1.807) is 31.0 Å². The fourth-order valence-electron chi connectivity index (χ4n) is 3.75. The van der Waals surface area contributed by atoms with E-state index in [-0.39, 0.29) is 43.1 Å². The number of aromatic nitrogens is 2. The molecule has 1 aromatic carbocycles. The zero-order valence-electron chi connectivity index (χ0n) is 16.3. The van der Waals surface area contributed by atoms with Crippen LogP contribution >= 0.6 is 0 Å². The van der Waals surface area contributed by atoms with Gasteiger partial charge in [0.05, 0.1) is 5.69 Å². The Hall–Kier alpha value is -2.97. The van der Waals surface area contributed by atoms with E-state index in [4.69, 9.17) is 0 Å². The number of amides is 2. The number of halogens is 2. The van der Waals surface area contributed by atoms with Gasteiger partial charge in [-0.25, -0.2) is 0 Å². The molecule has 29 heavy (non-hydrogen) atoms. The number of alkyl halides is 2. The van der Waals surface area contributed by atoms with Gasteiger partial charge in [0, 0.05) is 38.3 Å². The molecule has 0 saturated heterocycles. The number of fused-ring (bicyclic) bond motifs is 1. The van der Waals surface area contributed by atoms with E-state index >= 15 is 0 Å². The summed E-state index contributed by atoms with van der Waals surface area (Å²) >= 11 is 0. The van der Waals surface area contributed by atoms with E-state index in [1.165, 1.54) is 21.7 Å². The van der Waals surface area contributed by atoms with Gasteiger partial charge in [0.15, 0.2) is 0 Å². The van der Waals surface area contributed by atoms with Crippen LogP contribution in [0, 0.1) is 6.92 Å². The Morgan fingerprint density at radius 2 is 2.03 bits per heavy atom. The van der Waals surface area contributed by atoms with Crippen LogP contribution < -0.4 is 9.64 Å². The van der Waals surface area contributed by atoms with Crippen molar-refractivity contribution in [2.75, 3.05) is 11.4 Å². The number of hydrogen-bond acceptors (Lipinski definition) is 4. The smallest absolute Gasteiger partial charge is 0.387 e. The normalized spacial score (nSPS) is 17.2. The third kappa shape index (κ3) is 3.94. The lowest BCUT2D eigenvalue weighted by molar-refractivity contribution is -0.132. The van der Waals surface area contributed by atoms with Crippen molar-refractivity contribution in [3.63, 3.8) is 0 Å². The summed E-state index contributed by atoms with van der Waals surface area (Å²) < 4.78 is 31.4. The van der Waals surface area contributed by atoms with Gasteiger partial charge in [0.25, 0.3) is 5.91 Å². The fourth-order valence-corrected chi connectivity index (χ4v) is 3.75. The third-order valence-electron chi connectivity index (χ3n) is 5.23. The molecule has 1 aliphatic heterocycles. The Balaban J connectivity index is 1.75. The minimum atomic E-state index is -2.95. The second-order valence-corrected chi connectivity index (χ2v) is 7.42. The van der Waals surface area contributed by atoms with E-state index in [0.717, 1.165) is 12.8 Å². The number of carbonyl (C=O) groups excluding carboxylic acids is 2. The molecule has 2 aliphatic rings. The van der Waals surface area contributed by atoms with Crippen molar-refractivity contribution in [2.45, 2.75) is 45.4 Å². The third-order valence-corrected chi connectivity index (χ3v) is 5.23. The zero-order valence-corrected chi connectivity index (χ0v) is 16.3. The summed E-state index contributed by atoms with van der Waals surface area (Å²) in [6.07, 6.45) is 2.07. The number of hydrogen-bond donors (Lipinski definition) is 0. The minimum Gasteiger partial charge on any atom is -0.435 e. The summed E-state index contributed by atoms with van der Waals surface area (Å²) in [6.45, 7) is -0.693. The number of carbonyl (C=O) groups is 2. The molecule has 0 spiro atoms. The van der Waals surface area contributed by atoms with Crippen molar-refractivity contribution in [3.05, 3.63) is 41.2 Å². The van der Waals surface area contributed by atoms with Crippen LogP contribution in [-0.4, -0.2) is 45.7 Å². The average molecular weight is 404 g/mol. The van der Waals surface area contributed by atoms with E-state index in [1.807, 2.05) is 0 Å². The van der Waals surface area contributed by atoms with Gasteiger partial charge in [-0.1, -0.05) is 0 Å². The molecule has 0 bridgehead atoms. The summed E-state index contributed by atoms with van der Waals surface area (Å²) in [7, 11) is 1.69. The molecule has 0 N–H and O–H groups in total. The molecule has 9 heteroatoms. The van der Waals surface area contributed by atoms with Crippen LogP contribution in [-0.2, 0) is 18.4 Å². The van der Waals surface area contributed by atoms with Crippen LogP contribution in [0.5, 0.6) is 5.75 Å².